The molecular formula is C24H19ClN2O4S. The number of sulfonamides is 1. The van der Waals surface area contributed by atoms with E-state index in [0.717, 1.165) is 0 Å². The van der Waals surface area contributed by atoms with Crippen molar-refractivity contribution in [1.82, 2.24) is 0 Å². The van der Waals surface area contributed by atoms with Gasteiger partial charge in [0.25, 0.3) is 10.0 Å². The highest BCUT2D eigenvalue weighted by atomic mass is 35.5. The van der Waals surface area contributed by atoms with Crippen LogP contribution in [0.2, 0.25) is 5.02 Å². The molecule has 6 nitrogen and oxygen atoms in total. The monoisotopic (exact) mass is 466 g/mol. The highest BCUT2D eigenvalue weighted by Crippen LogP contribution is 2.27. The largest absolute Gasteiger partial charge is 0.457 e. The van der Waals surface area contributed by atoms with Gasteiger partial charge >= 0.3 is 5.97 Å². The van der Waals surface area contributed by atoms with E-state index < -0.39 is 16.0 Å². The molecule has 32 heavy (non-hydrogen) atoms. The lowest BCUT2D eigenvalue weighted by molar-refractivity contribution is 0.0472. The maximum Gasteiger partial charge on any atom is 0.340 e. The van der Waals surface area contributed by atoms with Crippen molar-refractivity contribution in [3.05, 3.63) is 107 Å². The van der Waals surface area contributed by atoms with Gasteiger partial charge in [-0.2, -0.15) is 5.26 Å². The Morgan fingerprint density at radius 2 is 1.78 bits per heavy atom. The first kappa shape index (κ1) is 23.1. The lowest BCUT2D eigenvalue weighted by Gasteiger charge is -2.23. The predicted molar refractivity (Wildman–Crippen MR) is 123 cm³/mol. The molecule has 3 rings (SSSR count). The van der Waals surface area contributed by atoms with Crippen LogP contribution in [0.4, 0.5) is 5.69 Å². The first-order valence-electron chi connectivity index (χ1n) is 9.51. The fourth-order valence-corrected chi connectivity index (χ4v) is 4.56. The number of rotatable bonds is 8. The summed E-state index contributed by atoms with van der Waals surface area (Å²) < 4.78 is 33.1. The van der Waals surface area contributed by atoms with Crippen LogP contribution in [0, 0.1) is 11.3 Å². The van der Waals surface area contributed by atoms with Crippen LogP contribution < -0.4 is 4.31 Å². The molecule has 8 heteroatoms. The van der Waals surface area contributed by atoms with E-state index in [1.165, 1.54) is 28.6 Å². The topological polar surface area (TPSA) is 87.5 Å². The van der Waals surface area contributed by atoms with Gasteiger partial charge in [0, 0.05) is 0 Å². The van der Waals surface area contributed by atoms with Crippen molar-refractivity contribution in [2.75, 3.05) is 10.8 Å². The van der Waals surface area contributed by atoms with E-state index in [4.69, 9.17) is 21.6 Å². The molecule has 3 aromatic carbocycles. The summed E-state index contributed by atoms with van der Waals surface area (Å²) in [5, 5.41) is 8.93. The van der Waals surface area contributed by atoms with Crippen LogP contribution in [0.5, 0.6) is 0 Å². The molecule has 0 aliphatic carbocycles. The summed E-state index contributed by atoms with van der Waals surface area (Å²) in [4.78, 5) is 12.5. The summed E-state index contributed by atoms with van der Waals surface area (Å²) in [7, 11) is -4.00. The Morgan fingerprint density at radius 3 is 2.41 bits per heavy atom. The van der Waals surface area contributed by atoms with E-state index in [2.05, 4.69) is 6.58 Å². The van der Waals surface area contributed by atoms with Crippen molar-refractivity contribution in [2.45, 2.75) is 11.5 Å². The predicted octanol–water partition coefficient (Wildman–Crippen LogP) is 4.95. The molecule has 3 aromatic rings. The zero-order valence-corrected chi connectivity index (χ0v) is 18.5. The molecule has 0 saturated carbocycles. The lowest BCUT2D eigenvalue weighted by Crippen LogP contribution is -2.31. The molecule has 0 aliphatic heterocycles. The third-order valence-corrected chi connectivity index (χ3v) is 6.66. The van der Waals surface area contributed by atoms with E-state index in [0.29, 0.717) is 16.8 Å². The number of esters is 1. The molecule has 0 aromatic heterocycles. The van der Waals surface area contributed by atoms with Gasteiger partial charge in [-0.3, -0.25) is 4.31 Å². The number of para-hydroxylation sites is 1. The number of nitrogens with zero attached hydrogens (tertiary/aromatic N) is 2. The van der Waals surface area contributed by atoms with Crippen molar-refractivity contribution in [3.63, 3.8) is 0 Å². The third-order valence-electron chi connectivity index (χ3n) is 4.54. The van der Waals surface area contributed by atoms with Crippen molar-refractivity contribution in [3.8, 4) is 6.07 Å². The Morgan fingerprint density at radius 1 is 1.09 bits per heavy atom. The molecule has 0 spiro atoms. The van der Waals surface area contributed by atoms with Gasteiger partial charge in [0.1, 0.15) is 6.61 Å². The Kier molecular flexibility index (Phi) is 7.31. The molecule has 0 bridgehead atoms. The summed E-state index contributed by atoms with van der Waals surface area (Å²) >= 11 is 6.16. The first-order valence-corrected chi connectivity index (χ1v) is 11.3. The molecule has 0 saturated heterocycles. The van der Waals surface area contributed by atoms with Crippen LogP contribution in [0.3, 0.4) is 0 Å². The minimum atomic E-state index is -4.00. The fourth-order valence-electron chi connectivity index (χ4n) is 2.90. The Bertz CT molecular complexity index is 1270. The van der Waals surface area contributed by atoms with E-state index in [-0.39, 0.29) is 28.6 Å². The van der Waals surface area contributed by atoms with Crippen molar-refractivity contribution in [2.24, 2.45) is 0 Å². The van der Waals surface area contributed by atoms with Gasteiger partial charge < -0.3 is 4.74 Å². The molecule has 0 fully saturated rings. The zero-order valence-electron chi connectivity index (χ0n) is 16.9. The summed E-state index contributed by atoms with van der Waals surface area (Å²) in [5.74, 6) is -0.758. The first-order chi connectivity index (χ1) is 15.4. The van der Waals surface area contributed by atoms with Gasteiger partial charge in [0.2, 0.25) is 0 Å². The third kappa shape index (κ3) is 5.17. The highest BCUT2D eigenvalue weighted by molar-refractivity contribution is 7.92. The number of hydrogen-bond acceptors (Lipinski definition) is 5. The Balaban J connectivity index is 1.87. The number of halogens is 1. The van der Waals surface area contributed by atoms with Crippen molar-refractivity contribution < 1.29 is 17.9 Å². The minimum absolute atomic E-state index is 0.0491. The van der Waals surface area contributed by atoms with Crippen LogP contribution in [0.15, 0.2) is 90.3 Å². The summed E-state index contributed by atoms with van der Waals surface area (Å²) in [6, 6.07) is 21.1. The molecule has 0 aliphatic rings. The van der Waals surface area contributed by atoms with Gasteiger partial charge in [0.15, 0.2) is 0 Å². The minimum Gasteiger partial charge on any atom is -0.457 e. The van der Waals surface area contributed by atoms with Crippen LogP contribution in [0.25, 0.3) is 0 Å². The highest BCUT2D eigenvalue weighted by Gasteiger charge is 2.26. The van der Waals surface area contributed by atoms with E-state index in [1.54, 1.807) is 54.6 Å². The van der Waals surface area contributed by atoms with Gasteiger partial charge in [-0.1, -0.05) is 48.0 Å². The summed E-state index contributed by atoms with van der Waals surface area (Å²) in [5.41, 5.74) is 1.57. The molecule has 162 valence electrons. The molecule has 0 N–H and O–H groups in total. The van der Waals surface area contributed by atoms with Crippen LogP contribution in [-0.4, -0.2) is 20.9 Å². The molecule has 0 heterocycles. The summed E-state index contributed by atoms with van der Waals surface area (Å²) in [6.07, 6.45) is 1.48. The van der Waals surface area contributed by atoms with Crippen LogP contribution in [-0.2, 0) is 21.4 Å². The molecule has 0 unspecified atom stereocenters. The van der Waals surface area contributed by atoms with Gasteiger partial charge in [-0.25, -0.2) is 13.2 Å². The van der Waals surface area contributed by atoms with Crippen LogP contribution >= 0.6 is 11.6 Å². The fraction of sp³-hybridized carbons (Fsp3) is 0.0833. The van der Waals surface area contributed by atoms with Gasteiger partial charge in [-0.15, -0.1) is 6.58 Å². The average Bonchev–Trinajstić information content (AvgIpc) is 2.82. The number of nitriles is 1. The normalized spacial score (nSPS) is 10.8. The average molecular weight is 467 g/mol. The number of ether oxygens (including phenoxy) is 1. The SMILES string of the molecule is C=CCN(c1ccccc1)S(=O)(=O)c1ccc(Cl)c(C(=O)OCc2ccc(C#N)cc2)c1. The Hall–Kier alpha value is -3.60. The molecule has 0 radical (unpaired) electrons. The number of hydrogen-bond donors (Lipinski definition) is 0. The standard InChI is InChI=1S/C24H19ClN2O4S/c1-2-14-27(20-6-4-3-5-7-20)32(29,30)21-12-13-23(25)22(15-21)24(28)31-17-19-10-8-18(16-26)9-11-19/h2-13,15H,1,14,17H2. The number of carbonyl (C=O) groups excluding carboxylic acids is 1. The number of carbonyl (C=O) groups is 1. The quantitative estimate of drug-likeness (QED) is 0.346. The van der Waals surface area contributed by atoms with Crippen molar-refractivity contribution >= 4 is 33.3 Å². The summed E-state index contributed by atoms with van der Waals surface area (Å²) in [6.45, 7) is 3.64. The smallest absolute Gasteiger partial charge is 0.340 e. The van der Waals surface area contributed by atoms with E-state index in [9.17, 15) is 13.2 Å². The second-order valence-electron chi connectivity index (χ2n) is 6.69. The van der Waals surface area contributed by atoms with Crippen LogP contribution in [0.1, 0.15) is 21.5 Å². The Labute approximate surface area is 192 Å². The van der Waals surface area contributed by atoms with Crippen molar-refractivity contribution in [1.29, 1.82) is 5.26 Å². The van der Waals surface area contributed by atoms with Gasteiger partial charge in [-0.05, 0) is 48.0 Å². The number of benzene rings is 3. The zero-order chi connectivity index (χ0) is 23.1. The second kappa shape index (κ2) is 10.1. The molecular weight excluding hydrogens is 448 g/mol. The van der Waals surface area contributed by atoms with Gasteiger partial charge in [0.05, 0.1) is 39.3 Å². The lowest BCUT2D eigenvalue weighted by atomic mass is 10.1. The maximum atomic E-state index is 13.3. The molecule has 0 amide bonds. The second-order valence-corrected chi connectivity index (χ2v) is 8.96. The molecule has 0 atom stereocenters. The maximum absolute atomic E-state index is 13.3. The van der Waals surface area contributed by atoms with E-state index >= 15 is 0 Å². The number of anilines is 1. The van der Waals surface area contributed by atoms with E-state index in [1.807, 2.05) is 6.07 Å².